The topological polar surface area (TPSA) is 91.6 Å². The molecule has 108 valence electrons. The highest BCUT2D eigenvalue weighted by atomic mass is 79.9. The minimum absolute atomic E-state index is 0.161. The standard InChI is InChI=1S/C13H9BrN2O5/c1-20-10-2-3-12(11(5-10)16(18)19)21-13(17)8-4-9(14)7-15-6-8/h2-7H,1H3. The van der Waals surface area contributed by atoms with Crippen LogP contribution < -0.4 is 9.47 Å². The third-order valence-corrected chi connectivity index (χ3v) is 2.94. The molecule has 2 aromatic rings. The van der Waals surface area contributed by atoms with Crippen LogP contribution in [-0.4, -0.2) is 23.0 Å². The lowest BCUT2D eigenvalue weighted by atomic mass is 10.2. The third kappa shape index (κ3) is 3.54. The summed E-state index contributed by atoms with van der Waals surface area (Å²) in [5, 5.41) is 11.0. The number of esters is 1. The van der Waals surface area contributed by atoms with Gasteiger partial charge in [0.1, 0.15) is 5.75 Å². The van der Waals surface area contributed by atoms with Crippen LogP contribution in [0.2, 0.25) is 0 Å². The number of carbonyl (C=O) groups is 1. The average molecular weight is 353 g/mol. The van der Waals surface area contributed by atoms with Crippen LogP contribution in [0.15, 0.2) is 41.1 Å². The fourth-order valence-corrected chi connectivity index (χ4v) is 1.90. The van der Waals surface area contributed by atoms with Crippen molar-refractivity contribution in [1.29, 1.82) is 0 Å². The van der Waals surface area contributed by atoms with E-state index in [1.54, 1.807) is 0 Å². The molecule has 0 spiro atoms. The predicted molar refractivity (Wildman–Crippen MR) is 76.5 cm³/mol. The number of pyridine rings is 1. The van der Waals surface area contributed by atoms with Gasteiger partial charge in [-0.1, -0.05) is 0 Å². The van der Waals surface area contributed by atoms with E-state index in [0.717, 1.165) is 0 Å². The fourth-order valence-electron chi connectivity index (χ4n) is 1.54. The molecule has 1 aromatic carbocycles. The van der Waals surface area contributed by atoms with E-state index >= 15 is 0 Å². The first kappa shape index (κ1) is 14.9. The number of hydrogen-bond donors (Lipinski definition) is 0. The number of halogens is 1. The summed E-state index contributed by atoms with van der Waals surface area (Å²) in [6.45, 7) is 0. The Balaban J connectivity index is 2.31. The van der Waals surface area contributed by atoms with Crippen molar-refractivity contribution in [2.75, 3.05) is 7.11 Å². The Kier molecular flexibility index (Phi) is 4.49. The monoisotopic (exact) mass is 352 g/mol. The van der Waals surface area contributed by atoms with Crippen molar-refractivity contribution < 1.29 is 19.2 Å². The van der Waals surface area contributed by atoms with E-state index in [9.17, 15) is 14.9 Å². The maximum atomic E-state index is 12.0. The van der Waals surface area contributed by atoms with Crippen molar-refractivity contribution in [3.63, 3.8) is 0 Å². The van der Waals surface area contributed by atoms with Crippen LogP contribution >= 0.6 is 15.9 Å². The molecule has 0 aliphatic heterocycles. The summed E-state index contributed by atoms with van der Waals surface area (Å²) in [5.74, 6) is -0.603. The molecule has 7 nitrogen and oxygen atoms in total. The molecule has 0 aliphatic rings. The highest BCUT2D eigenvalue weighted by Gasteiger charge is 2.20. The van der Waals surface area contributed by atoms with E-state index in [1.807, 2.05) is 0 Å². The molecular weight excluding hydrogens is 344 g/mol. The quantitative estimate of drug-likeness (QED) is 0.363. The number of methoxy groups -OCH3 is 1. The number of ether oxygens (including phenoxy) is 2. The zero-order chi connectivity index (χ0) is 15.4. The second kappa shape index (κ2) is 6.31. The SMILES string of the molecule is COc1ccc(OC(=O)c2cncc(Br)c2)c([N+](=O)[O-])c1. The zero-order valence-electron chi connectivity index (χ0n) is 10.8. The zero-order valence-corrected chi connectivity index (χ0v) is 12.4. The van der Waals surface area contributed by atoms with Crippen molar-refractivity contribution in [2.45, 2.75) is 0 Å². The summed E-state index contributed by atoms with van der Waals surface area (Å²) in [4.78, 5) is 26.1. The minimum atomic E-state index is -0.739. The Bertz CT molecular complexity index is 705. The fraction of sp³-hybridized carbons (Fsp3) is 0.0769. The van der Waals surface area contributed by atoms with E-state index in [2.05, 4.69) is 20.9 Å². The van der Waals surface area contributed by atoms with Gasteiger partial charge in [-0.2, -0.15) is 0 Å². The van der Waals surface area contributed by atoms with E-state index in [-0.39, 0.29) is 17.0 Å². The van der Waals surface area contributed by atoms with Gasteiger partial charge in [0.15, 0.2) is 0 Å². The normalized spacial score (nSPS) is 10.0. The van der Waals surface area contributed by atoms with Crippen LogP contribution in [-0.2, 0) is 0 Å². The predicted octanol–water partition coefficient (Wildman–Crippen LogP) is 2.98. The van der Waals surface area contributed by atoms with E-state index in [4.69, 9.17) is 9.47 Å². The van der Waals surface area contributed by atoms with Gasteiger partial charge in [0, 0.05) is 16.9 Å². The molecule has 0 saturated heterocycles. The first-order valence-electron chi connectivity index (χ1n) is 5.66. The van der Waals surface area contributed by atoms with Crippen LogP contribution in [0.3, 0.4) is 0 Å². The summed E-state index contributed by atoms with van der Waals surface area (Å²) in [7, 11) is 1.39. The first-order chi connectivity index (χ1) is 10.0. The maximum Gasteiger partial charge on any atom is 0.345 e. The lowest BCUT2D eigenvalue weighted by Crippen LogP contribution is -2.10. The molecular formula is C13H9BrN2O5. The van der Waals surface area contributed by atoms with Crippen molar-refractivity contribution in [3.8, 4) is 11.5 Å². The van der Waals surface area contributed by atoms with Gasteiger partial charge < -0.3 is 9.47 Å². The largest absolute Gasteiger partial charge is 0.496 e. The highest BCUT2D eigenvalue weighted by Crippen LogP contribution is 2.31. The van der Waals surface area contributed by atoms with Gasteiger partial charge in [0.05, 0.1) is 23.7 Å². The molecule has 21 heavy (non-hydrogen) atoms. The van der Waals surface area contributed by atoms with Crippen LogP contribution in [0.5, 0.6) is 11.5 Å². The van der Waals surface area contributed by atoms with E-state index < -0.39 is 10.9 Å². The van der Waals surface area contributed by atoms with Gasteiger partial charge in [-0.15, -0.1) is 0 Å². The van der Waals surface area contributed by atoms with E-state index in [1.165, 1.54) is 43.8 Å². The number of rotatable bonds is 4. The van der Waals surface area contributed by atoms with Gasteiger partial charge in [-0.05, 0) is 34.1 Å². The first-order valence-corrected chi connectivity index (χ1v) is 6.45. The molecule has 1 aromatic heterocycles. The molecule has 2 rings (SSSR count). The highest BCUT2D eigenvalue weighted by molar-refractivity contribution is 9.10. The number of nitrogens with zero attached hydrogens (tertiary/aromatic N) is 2. The number of nitro groups is 1. The molecule has 8 heteroatoms. The van der Waals surface area contributed by atoms with Crippen LogP contribution in [0.25, 0.3) is 0 Å². The number of aromatic nitrogens is 1. The molecule has 0 saturated carbocycles. The van der Waals surface area contributed by atoms with Crippen molar-refractivity contribution in [2.24, 2.45) is 0 Å². The Morgan fingerprint density at radius 1 is 1.33 bits per heavy atom. The molecule has 0 bridgehead atoms. The molecule has 0 atom stereocenters. The lowest BCUT2D eigenvalue weighted by molar-refractivity contribution is -0.385. The summed E-state index contributed by atoms with van der Waals surface area (Å²) < 4.78 is 10.6. The van der Waals surface area contributed by atoms with Crippen LogP contribution in [0.4, 0.5) is 5.69 Å². The molecule has 0 unspecified atom stereocenters. The van der Waals surface area contributed by atoms with Crippen molar-refractivity contribution in [1.82, 2.24) is 4.98 Å². The van der Waals surface area contributed by atoms with Gasteiger partial charge in [-0.3, -0.25) is 15.1 Å². The molecule has 0 amide bonds. The molecule has 0 aliphatic carbocycles. The summed E-state index contributed by atoms with van der Waals surface area (Å²) in [6, 6.07) is 5.46. The van der Waals surface area contributed by atoms with Gasteiger partial charge in [0.2, 0.25) is 5.75 Å². The van der Waals surface area contributed by atoms with Crippen LogP contribution in [0, 0.1) is 10.1 Å². The third-order valence-electron chi connectivity index (χ3n) is 2.51. The molecule has 1 heterocycles. The number of carbonyl (C=O) groups excluding carboxylic acids is 1. The van der Waals surface area contributed by atoms with Crippen molar-refractivity contribution in [3.05, 3.63) is 56.8 Å². The summed E-state index contributed by atoms with van der Waals surface area (Å²) >= 11 is 3.18. The van der Waals surface area contributed by atoms with Gasteiger partial charge in [0.25, 0.3) is 0 Å². The number of hydrogen-bond acceptors (Lipinski definition) is 6. The lowest BCUT2D eigenvalue weighted by Gasteiger charge is -2.06. The molecule has 0 fully saturated rings. The smallest absolute Gasteiger partial charge is 0.345 e. The van der Waals surface area contributed by atoms with Gasteiger partial charge >= 0.3 is 11.7 Å². The Morgan fingerprint density at radius 2 is 2.10 bits per heavy atom. The minimum Gasteiger partial charge on any atom is -0.496 e. The Labute approximate surface area is 127 Å². The number of nitro benzene ring substituents is 1. The van der Waals surface area contributed by atoms with E-state index in [0.29, 0.717) is 10.2 Å². The molecule has 0 N–H and O–H groups in total. The number of benzene rings is 1. The van der Waals surface area contributed by atoms with Gasteiger partial charge in [-0.25, -0.2) is 4.79 Å². The molecule has 0 radical (unpaired) electrons. The summed E-state index contributed by atoms with van der Waals surface area (Å²) in [5.41, 5.74) is -0.180. The van der Waals surface area contributed by atoms with Crippen molar-refractivity contribution >= 4 is 27.6 Å². The Hall–Kier alpha value is -2.48. The maximum absolute atomic E-state index is 12.0. The Morgan fingerprint density at radius 3 is 2.71 bits per heavy atom. The van der Waals surface area contributed by atoms with Crippen LogP contribution in [0.1, 0.15) is 10.4 Å². The second-order valence-electron chi connectivity index (χ2n) is 3.87. The second-order valence-corrected chi connectivity index (χ2v) is 4.79. The summed E-state index contributed by atoms with van der Waals surface area (Å²) in [6.07, 6.45) is 2.81. The average Bonchev–Trinajstić information content (AvgIpc) is 2.47.